The molecule has 0 aliphatic carbocycles. The Labute approximate surface area is 131 Å². The van der Waals surface area contributed by atoms with Crippen LogP contribution in [0.5, 0.6) is 0 Å². The van der Waals surface area contributed by atoms with Gasteiger partial charge < -0.3 is 10.8 Å². The van der Waals surface area contributed by atoms with Gasteiger partial charge >= 0.3 is 0 Å². The second-order valence-corrected chi connectivity index (χ2v) is 7.18. The first-order chi connectivity index (χ1) is 9.91. The minimum absolute atomic E-state index is 0.224. The number of rotatable bonds is 7. The number of carbonyl (C=O) groups excluding carboxylic acids is 2. The lowest BCUT2D eigenvalue weighted by Gasteiger charge is -2.18. The van der Waals surface area contributed by atoms with Crippen LogP contribution in [0.1, 0.15) is 30.1 Å². The maximum absolute atomic E-state index is 11.7. The maximum atomic E-state index is 11.7. The smallest absolute Gasteiger partial charge is 0.298 e. The number of aliphatic hydroxyl groups excluding tert-OH is 1. The first-order valence-corrected chi connectivity index (χ1v) is 8.39. The van der Waals surface area contributed by atoms with Gasteiger partial charge in [-0.1, -0.05) is 13.8 Å². The first-order valence-electron chi connectivity index (χ1n) is 6.46. The van der Waals surface area contributed by atoms with Gasteiger partial charge in [0.25, 0.3) is 11.8 Å². The summed E-state index contributed by atoms with van der Waals surface area (Å²) in [7, 11) is 0. The topological polar surface area (TPSA) is 117 Å². The van der Waals surface area contributed by atoms with E-state index in [1.165, 1.54) is 6.20 Å². The number of thioether (sulfide) groups is 1. The number of hydrazine groups is 1. The van der Waals surface area contributed by atoms with Crippen LogP contribution in [-0.4, -0.2) is 45.1 Å². The molecule has 0 aliphatic rings. The molecule has 7 nitrogen and oxygen atoms in total. The summed E-state index contributed by atoms with van der Waals surface area (Å²) in [4.78, 5) is 27.0. The Morgan fingerprint density at radius 1 is 1.48 bits per heavy atom. The van der Waals surface area contributed by atoms with Gasteiger partial charge in [-0.15, -0.1) is 11.3 Å². The van der Waals surface area contributed by atoms with E-state index in [-0.39, 0.29) is 5.01 Å². The molecule has 1 aromatic heterocycles. The van der Waals surface area contributed by atoms with Crippen molar-refractivity contribution in [1.82, 2.24) is 15.8 Å². The Bertz CT molecular complexity index is 453. The summed E-state index contributed by atoms with van der Waals surface area (Å²) in [5.41, 5.74) is 10.1. The fraction of sp³-hybridized carbons (Fsp3) is 0.583. The molecule has 21 heavy (non-hydrogen) atoms. The summed E-state index contributed by atoms with van der Waals surface area (Å²) < 4.78 is 0. The van der Waals surface area contributed by atoms with Crippen LogP contribution < -0.4 is 16.6 Å². The van der Waals surface area contributed by atoms with Gasteiger partial charge in [-0.2, -0.15) is 11.8 Å². The Balaban J connectivity index is 2.31. The summed E-state index contributed by atoms with van der Waals surface area (Å²) >= 11 is 2.85. The van der Waals surface area contributed by atoms with Crippen molar-refractivity contribution in [3.05, 3.63) is 16.6 Å². The summed E-state index contributed by atoms with van der Waals surface area (Å²) in [6, 6.07) is -0.673. The van der Waals surface area contributed by atoms with Crippen molar-refractivity contribution in [1.29, 1.82) is 0 Å². The molecule has 1 aromatic rings. The zero-order chi connectivity index (χ0) is 15.8. The molecule has 0 saturated heterocycles. The van der Waals surface area contributed by atoms with E-state index in [9.17, 15) is 14.7 Å². The Morgan fingerprint density at radius 2 is 2.19 bits per heavy atom. The van der Waals surface area contributed by atoms with Crippen molar-refractivity contribution in [2.24, 2.45) is 5.73 Å². The number of carbonyl (C=O) groups is 2. The quantitative estimate of drug-likeness (QED) is 0.527. The number of amides is 2. The molecule has 1 heterocycles. The summed E-state index contributed by atoms with van der Waals surface area (Å²) in [6.07, 6.45) is 0.630. The minimum atomic E-state index is -1.37. The molecular formula is C12H20N4O3S2. The molecule has 0 radical (unpaired) electrons. The predicted molar refractivity (Wildman–Crippen MR) is 83.9 cm³/mol. The molecule has 0 fully saturated rings. The molecule has 0 spiro atoms. The van der Waals surface area contributed by atoms with Crippen LogP contribution in [-0.2, 0) is 4.79 Å². The third-order valence-electron chi connectivity index (χ3n) is 2.50. The third kappa shape index (κ3) is 6.42. The number of hydrogen-bond donors (Lipinski definition) is 4. The minimum Gasteiger partial charge on any atom is -0.382 e. The monoisotopic (exact) mass is 332 g/mol. The summed E-state index contributed by atoms with van der Waals surface area (Å²) in [5.74, 6) is -0.509. The number of nitrogens with zero attached hydrogens (tertiary/aromatic N) is 1. The molecule has 0 bridgehead atoms. The van der Waals surface area contributed by atoms with Gasteiger partial charge in [-0.05, 0) is 17.4 Å². The van der Waals surface area contributed by atoms with E-state index in [2.05, 4.69) is 29.7 Å². The largest absolute Gasteiger partial charge is 0.382 e. The third-order valence-corrected chi connectivity index (χ3v) is 4.41. The highest BCUT2D eigenvalue weighted by atomic mass is 32.2. The van der Waals surface area contributed by atoms with Crippen LogP contribution in [0.3, 0.4) is 0 Å². The van der Waals surface area contributed by atoms with Crippen molar-refractivity contribution < 1.29 is 14.7 Å². The van der Waals surface area contributed by atoms with Crippen LogP contribution in [0.4, 0.5) is 0 Å². The van der Waals surface area contributed by atoms with Crippen LogP contribution in [0.15, 0.2) is 11.6 Å². The normalized spacial score (nSPS) is 13.8. The van der Waals surface area contributed by atoms with Crippen molar-refractivity contribution in [2.45, 2.75) is 37.7 Å². The standard InChI is InChI=1S/C12H20N4O3S2/c1-7(2)20-5-3-8(13)9(17)10(18)15-16-11(19)12-14-4-6-21-12/h4,6-9,17H,3,5,13H2,1-2H3,(H,15,18)(H,16,19)/t8-,9?/m1/s1. The van der Waals surface area contributed by atoms with E-state index in [4.69, 9.17) is 5.73 Å². The molecule has 5 N–H and O–H groups in total. The number of thiazole rings is 1. The number of hydrogen-bond acceptors (Lipinski definition) is 7. The lowest BCUT2D eigenvalue weighted by atomic mass is 10.1. The Morgan fingerprint density at radius 3 is 2.76 bits per heavy atom. The van der Waals surface area contributed by atoms with Crippen LogP contribution in [0.2, 0.25) is 0 Å². The van der Waals surface area contributed by atoms with E-state index in [1.807, 2.05) is 0 Å². The SMILES string of the molecule is CC(C)SCC[C@@H](N)C(O)C(=O)NNC(=O)c1nccs1. The molecule has 1 unspecified atom stereocenters. The zero-order valence-electron chi connectivity index (χ0n) is 11.9. The van der Waals surface area contributed by atoms with Crippen molar-refractivity contribution in [2.75, 3.05) is 5.75 Å². The second-order valence-electron chi connectivity index (χ2n) is 4.60. The highest BCUT2D eigenvalue weighted by Crippen LogP contribution is 2.12. The lowest BCUT2D eigenvalue weighted by Crippen LogP contribution is -2.52. The van der Waals surface area contributed by atoms with E-state index >= 15 is 0 Å². The molecule has 2 amide bonds. The van der Waals surface area contributed by atoms with Gasteiger partial charge in [-0.25, -0.2) is 4.98 Å². The number of nitrogens with two attached hydrogens (primary N) is 1. The van der Waals surface area contributed by atoms with Gasteiger partial charge in [0, 0.05) is 17.6 Å². The number of aromatic nitrogens is 1. The van der Waals surface area contributed by atoms with Crippen LogP contribution >= 0.6 is 23.1 Å². The van der Waals surface area contributed by atoms with Crippen molar-refractivity contribution in [3.8, 4) is 0 Å². The van der Waals surface area contributed by atoms with Gasteiger partial charge in [0.2, 0.25) is 0 Å². The highest BCUT2D eigenvalue weighted by molar-refractivity contribution is 7.99. The van der Waals surface area contributed by atoms with E-state index in [0.29, 0.717) is 11.7 Å². The predicted octanol–water partition coefficient (Wildman–Crippen LogP) is 0.124. The van der Waals surface area contributed by atoms with Crippen molar-refractivity contribution in [3.63, 3.8) is 0 Å². The molecule has 118 valence electrons. The molecular weight excluding hydrogens is 312 g/mol. The van der Waals surface area contributed by atoms with E-state index in [0.717, 1.165) is 17.1 Å². The number of aliphatic hydroxyl groups is 1. The molecule has 1 rings (SSSR count). The molecule has 0 aliphatic heterocycles. The Hall–Kier alpha value is -1.16. The summed E-state index contributed by atoms with van der Waals surface area (Å²) in [6.45, 7) is 4.13. The molecule has 2 atom stereocenters. The van der Waals surface area contributed by atoms with Gasteiger partial charge in [0.1, 0.15) is 6.10 Å². The fourth-order valence-corrected chi connectivity index (χ4v) is 2.78. The van der Waals surface area contributed by atoms with E-state index < -0.39 is 24.0 Å². The molecule has 0 saturated carbocycles. The van der Waals surface area contributed by atoms with E-state index in [1.54, 1.807) is 17.1 Å². The highest BCUT2D eigenvalue weighted by Gasteiger charge is 2.23. The van der Waals surface area contributed by atoms with Crippen molar-refractivity contribution >= 4 is 34.9 Å². The maximum Gasteiger partial charge on any atom is 0.298 e. The second kappa shape index (κ2) is 8.98. The zero-order valence-corrected chi connectivity index (χ0v) is 13.5. The van der Waals surface area contributed by atoms with Crippen LogP contribution in [0.25, 0.3) is 0 Å². The van der Waals surface area contributed by atoms with Gasteiger partial charge in [0.15, 0.2) is 5.01 Å². The van der Waals surface area contributed by atoms with Gasteiger partial charge in [-0.3, -0.25) is 20.4 Å². The van der Waals surface area contributed by atoms with Crippen LogP contribution in [0, 0.1) is 0 Å². The lowest BCUT2D eigenvalue weighted by molar-refractivity contribution is -0.131. The summed E-state index contributed by atoms with van der Waals surface area (Å²) in [5, 5.41) is 12.1. The average molecular weight is 332 g/mol. The Kier molecular flexibility index (Phi) is 7.65. The average Bonchev–Trinajstić information content (AvgIpc) is 2.97. The number of nitrogens with one attached hydrogen (secondary N) is 2. The molecule has 0 aromatic carbocycles. The molecule has 9 heteroatoms. The first kappa shape index (κ1) is 17.9. The fourth-order valence-electron chi connectivity index (χ4n) is 1.37. The van der Waals surface area contributed by atoms with Gasteiger partial charge in [0.05, 0.1) is 0 Å².